The van der Waals surface area contributed by atoms with Gasteiger partial charge in [-0.25, -0.2) is 5.01 Å². The van der Waals surface area contributed by atoms with Crippen molar-refractivity contribution in [2.75, 3.05) is 0 Å². The average Bonchev–Trinajstić information content (AvgIpc) is 3.31. The van der Waals surface area contributed by atoms with Crippen LogP contribution in [0.1, 0.15) is 34.7 Å². The molecule has 0 radical (unpaired) electrons. The molecule has 1 aromatic heterocycles. The van der Waals surface area contributed by atoms with Crippen molar-refractivity contribution in [3.63, 3.8) is 0 Å². The maximum Gasteiger partial charge on any atom is 0.215 e. The number of rotatable bonds is 2. The van der Waals surface area contributed by atoms with Crippen LogP contribution >= 0.6 is 34.5 Å². The van der Waals surface area contributed by atoms with E-state index in [-0.39, 0.29) is 12.3 Å². The summed E-state index contributed by atoms with van der Waals surface area (Å²) in [4.78, 5) is 1.19. The molecule has 0 unspecified atom stereocenters. The number of hydrogen-bond acceptors (Lipinski definition) is 4. The zero-order chi connectivity index (χ0) is 17.7. The molecular weight excluding hydrogens is 387 g/mol. The summed E-state index contributed by atoms with van der Waals surface area (Å²) in [5.41, 5.74) is 3.11. The van der Waals surface area contributed by atoms with Gasteiger partial charge in [-0.1, -0.05) is 53.5 Å². The van der Waals surface area contributed by atoms with Crippen molar-refractivity contribution in [3.05, 3.63) is 86.0 Å². The van der Waals surface area contributed by atoms with Crippen LogP contribution in [-0.2, 0) is 0 Å². The Kier molecular flexibility index (Phi) is 3.92. The highest BCUT2D eigenvalue weighted by molar-refractivity contribution is 7.12. The molecule has 6 heteroatoms. The lowest BCUT2D eigenvalue weighted by Gasteiger charge is -2.38. The predicted molar refractivity (Wildman–Crippen MR) is 106 cm³/mol. The molecule has 3 heterocycles. The molecule has 0 fully saturated rings. The van der Waals surface area contributed by atoms with E-state index in [0.717, 1.165) is 29.0 Å². The minimum Gasteiger partial charge on any atom is -0.464 e. The van der Waals surface area contributed by atoms with Crippen LogP contribution < -0.4 is 4.74 Å². The zero-order valence-electron chi connectivity index (χ0n) is 13.6. The van der Waals surface area contributed by atoms with Gasteiger partial charge in [-0.05, 0) is 29.6 Å². The topological polar surface area (TPSA) is 24.8 Å². The number of hydrazone groups is 1. The van der Waals surface area contributed by atoms with E-state index in [4.69, 9.17) is 33.0 Å². The zero-order valence-corrected chi connectivity index (χ0v) is 15.9. The molecule has 2 aliphatic rings. The van der Waals surface area contributed by atoms with E-state index in [9.17, 15) is 0 Å². The van der Waals surface area contributed by atoms with E-state index < -0.39 is 0 Å². The van der Waals surface area contributed by atoms with Crippen molar-refractivity contribution in [1.82, 2.24) is 5.01 Å². The van der Waals surface area contributed by atoms with Crippen LogP contribution in [-0.4, -0.2) is 10.7 Å². The number of halogens is 2. The summed E-state index contributed by atoms with van der Waals surface area (Å²) in [6, 6.07) is 17.9. The number of para-hydroxylation sites is 1. The number of ether oxygens (including phenoxy) is 1. The Morgan fingerprint density at radius 1 is 1.04 bits per heavy atom. The van der Waals surface area contributed by atoms with E-state index in [1.165, 1.54) is 4.88 Å². The van der Waals surface area contributed by atoms with Crippen LogP contribution in [0.5, 0.6) is 5.75 Å². The van der Waals surface area contributed by atoms with Gasteiger partial charge in [0.15, 0.2) is 0 Å². The van der Waals surface area contributed by atoms with Crippen LogP contribution in [0.3, 0.4) is 0 Å². The first-order chi connectivity index (χ1) is 12.7. The second kappa shape index (κ2) is 6.31. The van der Waals surface area contributed by atoms with E-state index >= 15 is 0 Å². The Hall–Kier alpha value is -2.01. The van der Waals surface area contributed by atoms with E-state index in [0.29, 0.717) is 10.0 Å². The molecule has 3 aromatic rings. The van der Waals surface area contributed by atoms with Crippen molar-refractivity contribution in [1.29, 1.82) is 0 Å². The molecule has 26 heavy (non-hydrogen) atoms. The van der Waals surface area contributed by atoms with E-state index in [1.54, 1.807) is 17.4 Å². The molecule has 130 valence electrons. The van der Waals surface area contributed by atoms with Gasteiger partial charge in [-0.15, -0.1) is 11.3 Å². The van der Waals surface area contributed by atoms with Crippen LogP contribution in [0.4, 0.5) is 0 Å². The van der Waals surface area contributed by atoms with Gasteiger partial charge in [0.05, 0.1) is 21.7 Å². The third-order valence-electron chi connectivity index (χ3n) is 4.73. The smallest absolute Gasteiger partial charge is 0.215 e. The normalized spacial score (nSPS) is 21.0. The number of nitrogens with zero attached hydrogens (tertiary/aromatic N) is 2. The van der Waals surface area contributed by atoms with Crippen molar-refractivity contribution in [2.45, 2.75) is 18.7 Å². The van der Waals surface area contributed by atoms with Crippen molar-refractivity contribution in [3.8, 4) is 5.75 Å². The first-order valence-electron chi connectivity index (χ1n) is 8.31. The van der Waals surface area contributed by atoms with Gasteiger partial charge < -0.3 is 4.74 Å². The quantitative estimate of drug-likeness (QED) is 0.504. The highest BCUT2D eigenvalue weighted by Gasteiger charge is 2.41. The lowest BCUT2D eigenvalue weighted by molar-refractivity contribution is -0.0189. The van der Waals surface area contributed by atoms with Gasteiger partial charge in [0, 0.05) is 22.6 Å². The second-order valence-electron chi connectivity index (χ2n) is 6.30. The van der Waals surface area contributed by atoms with Gasteiger partial charge in [-0.2, -0.15) is 5.10 Å². The third-order valence-corrected chi connectivity index (χ3v) is 6.21. The maximum atomic E-state index is 6.48. The lowest BCUT2D eigenvalue weighted by atomic mass is 9.98. The van der Waals surface area contributed by atoms with Crippen LogP contribution in [0.15, 0.2) is 65.1 Å². The third kappa shape index (κ3) is 2.60. The van der Waals surface area contributed by atoms with E-state index in [1.807, 2.05) is 35.3 Å². The summed E-state index contributed by atoms with van der Waals surface area (Å²) < 4.78 is 6.31. The summed E-state index contributed by atoms with van der Waals surface area (Å²) in [7, 11) is 0. The minimum atomic E-state index is -0.378. The molecule has 0 aliphatic carbocycles. The Labute approximate surface area is 165 Å². The Morgan fingerprint density at radius 3 is 2.73 bits per heavy atom. The Morgan fingerprint density at radius 2 is 1.92 bits per heavy atom. The average molecular weight is 401 g/mol. The summed E-state index contributed by atoms with van der Waals surface area (Å²) in [5, 5.41) is 10.2. The molecule has 0 bridgehead atoms. The van der Waals surface area contributed by atoms with Crippen molar-refractivity contribution < 1.29 is 4.74 Å². The molecule has 5 rings (SSSR count). The minimum absolute atomic E-state index is 0.133. The first kappa shape index (κ1) is 16.2. The molecule has 2 atom stereocenters. The molecule has 3 nitrogen and oxygen atoms in total. The van der Waals surface area contributed by atoms with Crippen molar-refractivity contribution in [2.24, 2.45) is 5.10 Å². The van der Waals surface area contributed by atoms with Gasteiger partial charge in [0.2, 0.25) is 6.23 Å². The fourth-order valence-electron chi connectivity index (χ4n) is 3.53. The summed E-state index contributed by atoms with van der Waals surface area (Å²) in [5.74, 6) is 0.882. The predicted octanol–water partition coefficient (Wildman–Crippen LogP) is 6.30. The number of fused-ring (bicyclic) bond motifs is 3. The number of benzene rings is 2. The van der Waals surface area contributed by atoms with Gasteiger partial charge in [-0.3, -0.25) is 0 Å². The molecule has 2 aromatic carbocycles. The standard InChI is InChI=1S/C20H14Cl2N2OS/c21-12-7-8-13(15(22)10-12)20-24-17(14-4-1-2-5-18(14)25-20)11-16(23-24)19-6-3-9-26-19/h1-10,17,20H,11H2/t17-,20-/m0/s1. The highest BCUT2D eigenvalue weighted by Crippen LogP contribution is 2.48. The fourth-order valence-corrected chi connectivity index (χ4v) is 4.76. The van der Waals surface area contributed by atoms with Gasteiger partial charge in [0.25, 0.3) is 0 Å². The first-order valence-corrected chi connectivity index (χ1v) is 9.94. The largest absolute Gasteiger partial charge is 0.464 e. The van der Waals surface area contributed by atoms with E-state index in [2.05, 4.69) is 23.6 Å². The number of thiophene rings is 1. The van der Waals surface area contributed by atoms with Gasteiger partial charge in [0.1, 0.15) is 5.75 Å². The van der Waals surface area contributed by atoms with Crippen LogP contribution in [0, 0.1) is 0 Å². The molecule has 0 saturated carbocycles. The molecule has 2 aliphatic heterocycles. The number of hydrogen-bond donors (Lipinski definition) is 0. The van der Waals surface area contributed by atoms with Crippen LogP contribution in [0.2, 0.25) is 10.0 Å². The molecule has 0 spiro atoms. The van der Waals surface area contributed by atoms with Gasteiger partial charge >= 0.3 is 0 Å². The fraction of sp³-hybridized carbons (Fsp3) is 0.150. The molecule has 0 N–H and O–H groups in total. The molecular formula is C20H14Cl2N2OS. The summed E-state index contributed by atoms with van der Waals surface area (Å²) in [6.07, 6.45) is 0.472. The monoisotopic (exact) mass is 400 g/mol. The maximum absolute atomic E-state index is 6.48. The Balaban J connectivity index is 1.63. The molecule has 0 amide bonds. The molecule has 0 saturated heterocycles. The van der Waals surface area contributed by atoms with Crippen molar-refractivity contribution >= 4 is 40.3 Å². The SMILES string of the molecule is Clc1ccc([C@@H]2Oc3ccccc3[C@@H]3CC(c4cccs4)=NN32)c(Cl)c1. The van der Waals surface area contributed by atoms with Crippen LogP contribution in [0.25, 0.3) is 0 Å². The highest BCUT2D eigenvalue weighted by atomic mass is 35.5. The lowest BCUT2D eigenvalue weighted by Crippen LogP contribution is -2.33. The summed E-state index contributed by atoms with van der Waals surface area (Å²) >= 11 is 14.3. The summed E-state index contributed by atoms with van der Waals surface area (Å²) in [6.45, 7) is 0. The Bertz CT molecular complexity index is 1000. The second-order valence-corrected chi connectivity index (χ2v) is 8.09.